The molecule has 0 radical (unpaired) electrons. The maximum Gasteiger partial charge on any atom is 0.328 e. The maximum atomic E-state index is 14.0. The summed E-state index contributed by atoms with van der Waals surface area (Å²) in [5.41, 5.74) is -0.425. The average molecular weight is 534 g/mol. The van der Waals surface area contributed by atoms with E-state index in [1.54, 1.807) is 38.1 Å². The van der Waals surface area contributed by atoms with Crippen LogP contribution in [0.2, 0.25) is 0 Å². The van der Waals surface area contributed by atoms with Crippen molar-refractivity contribution in [3.8, 4) is 0 Å². The first-order chi connectivity index (χ1) is 17.6. The van der Waals surface area contributed by atoms with E-state index >= 15 is 0 Å². The van der Waals surface area contributed by atoms with Crippen molar-refractivity contribution in [2.45, 2.75) is 44.0 Å². The number of hydrogen-bond donors (Lipinski definition) is 2. The standard InChI is InChI=1S/C25H31N3O8S/c1-15-26-11-20(37-15)22(30)27-17(12-34-3)23(31)28(19(13-35-4)24(32)33)18(21(29)25(2)14-36-25)10-16-8-6-5-7-9-16/h5-9,11,17-19H,10,12-14H2,1-4H3,(H,27,30)(H,32,33)/t17-,18-,19-,25+/m0/s1. The SMILES string of the molecule is COC[C@H](NC(=O)c1cnc(C)s1)C(=O)N([C@@H](COC)C(=O)O)[C@@H](Cc1ccccc1)C(=O)[C@@]1(C)CO1. The highest BCUT2D eigenvalue weighted by Gasteiger charge is 2.53. The first-order valence-corrected chi connectivity index (χ1v) is 12.4. The summed E-state index contributed by atoms with van der Waals surface area (Å²) in [5.74, 6) is -3.15. The fourth-order valence-electron chi connectivity index (χ4n) is 3.93. The van der Waals surface area contributed by atoms with Gasteiger partial charge in [0.15, 0.2) is 11.8 Å². The van der Waals surface area contributed by atoms with E-state index in [9.17, 15) is 24.3 Å². The third kappa shape index (κ3) is 6.98. The number of carbonyl (C=O) groups excluding carboxylic acids is 3. The number of Topliss-reactive ketones (excluding diaryl/α,β-unsaturated/α-hetero) is 1. The molecule has 1 aromatic heterocycles. The Labute approximate surface area is 218 Å². The number of benzene rings is 1. The van der Waals surface area contributed by atoms with Crippen LogP contribution in [0, 0.1) is 6.92 Å². The number of ketones is 1. The molecule has 1 saturated heterocycles. The highest BCUT2D eigenvalue weighted by molar-refractivity contribution is 7.13. The molecule has 0 unspecified atom stereocenters. The Morgan fingerprint density at radius 1 is 1.16 bits per heavy atom. The predicted molar refractivity (Wildman–Crippen MR) is 133 cm³/mol. The van der Waals surface area contributed by atoms with E-state index in [2.05, 4.69) is 10.3 Å². The molecule has 12 heteroatoms. The second kappa shape index (κ2) is 12.4. The third-order valence-corrected chi connectivity index (χ3v) is 6.90. The van der Waals surface area contributed by atoms with E-state index in [-0.39, 0.29) is 31.1 Å². The summed E-state index contributed by atoms with van der Waals surface area (Å²) in [6.45, 7) is 2.87. The molecule has 0 aliphatic carbocycles. The number of epoxide rings is 1. The Kier molecular flexibility index (Phi) is 9.49. The van der Waals surface area contributed by atoms with Gasteiger partial charge in [0, 0.05) is 20.6 Å². The predicted octanol–water partition coefficient (Wildman–Crippen LogP) is 1.09. The van der Waals surface area contributed by atoms with Crippen LogP contribution in [0.25, 0.3) is 0 Å². The molecule has 2 aromatic rings. The van der Waals surface area contributed by atoms with Gasteiger partial charge in [-0.3, -0.25) is 14.4 Å². The van der Waals surface area contributed by atoms with Crippen molar-refractivity contribution in [1.82, 2.24) is 15.2 Å². The lowest BCUT2D eigenvalue weighted by molar-refractivity contribution is -0.159. The molecule has 11 nitrogen and oxygen atoms in total. The molecule has 1 aliphatic heterocycles. The zero-order valence-electron chi connectivity index (χ0n) is 21.1. The van der Waals surface area contributed by atoms with Crippen LogP contribution in [0.15, 0.2) is 36.5 Å². The van der Waals surface area contributed by atoms with Crippen molar-refractivity contribution in [3.63, 3.8) is 0 Å². The van der Waals surface area contributed by atoms with Crippen LogP contribution >= 0.6 is 11.3 Å². The lowest BCUT2D eigenvalue weighted by Crippen LogP contribution is -2.63. The van der Waals surface area contributed by atoms with Crippen molar-refractivity contribution >= 4 is 34.9 Å². The molecule has 0 bridgehead atoms. The summed E-state index contributed by atoms with van der Waals surface area (Å²) in [6, 6.07) is 4.94. The minimum absolute atomic E-state index is 0.0412. The summed E-state index contributed by atoms with van der Waals surface area (Å²) in [6.07, 6.45) is 1.43. The van der Waals surface area contributed by atoms with E-state index in [4.69, 9.17) is 14.2 Å². The number of carbonyl (C=O) groups is 4. The molecule has 37 heavy (non-hydrogen) atoms. The number of nitrogens with one attached hydrogen (secondary N) is 1. The van der Waals surface area contributed by atoms with Crippen LogP contribution in [0.3, 0.4) is 0 Å². The van der Waals surface area contributed by atoms with Crippen molar-refractivity contribution in [2.75, 3.05) is 34.0 Å². The lowest BCUT2D eigenvalue weighted by Gasteiger charge is -2.38. The number of methoxy groups -OCH3 is 2. The van der Waals surface area contributed by atoms with Crippen LogP contribution in [-0.4, -0.2) is 96.3 Å². The van der Waals surface area contributed by atoms with Crippen molar-refractivity contribution in [2.24, 2.45) is 0 Å². The number of thiazole rings is 1. The Hall–Kier alpha value is -3.19. The van der Waals surface area contributed by atoms with Gasteiger partial charge in [0.25, 0.3) is 5.91 Å². The maximum absolute atomic E-state index is 14.0. The number of amides is 2. The summed E-state index contributed by atoms with van der Waals surface area (Å²) < 4.78 is 15.7. The van der Waals surface area contributed by atoms with Gasteiger partial charge in [-0.25, -0.2) is 9.78 Å². The number of nitrogens with zero attached hydrogens (tertiary/aromatic N) is 2. The summed E-state index contributed by atoms with van der Waals surface area (Å²) in [4.78, 5) is 58.2. The molecule has 1 aliphatic rings. The smallest absolute Gasteiger partial charge is 0.328 e. The van der Waals surface area contributed by atoms with Crippen LogP contribution in [0.4, 0.5) is 0 Å². The van der Waals surface area contributed by atoms with Gasteiger partial charge in [0.1, 0.15) is 16.5 Å². The molecular formula is C25H31N3O8S. The lowest BCUT2D eigenvalue weighted by atomic mass is 9.92. The topological polar surface area (TPSA) is 148 Å². The second-order valence-corrected chi connectivity index (χ2v) is 10.1. The third-order valence-electron chi connectivity index (χ3n) is 5.99. The van der Waals surface area contributed by atoms with Crippen LogP contribution in [0.5, 0.6) is 0 Å². The number of carboxylic acid groups (broad SMARTS) is 1. The number of aromatic nitrogens is 1. The molecule has 2 amide bonds. The van der Waals surface area contributed by atoms with E-state index < -0.39 is 47.3 Å². The van der Waals surface area contributed by atoms with E-state index in [1.807, 2.05) is 6.07 Å². The molecular weight excluding hydrogens is 502 g/mol. The van der Waals surface area contributed by atoms with E-state index in [0.717, 1.165) is 21.8 Å². The van der Waals surface area contributed by atoms with Crippen molar-refractivity contribution in [1.29, 1.82) is 0 Å². The van der Waals surface area contributed by atoms with Gasteiger partial charge in [-0.05, 0) is 19.4 Å². The van der Waals surface area contributed by atoms with Crippen molar-refractivity contribution < 1.29 is 38.5 Å². The Morgan fingerprint density at radius 2 is 1.81 bits per heavy atom. The first kappa shape index (κ1) is 28.4. The molecule has 3 rings (SSSR count). The molecule has 0 spiro atoms. The molecule has 1 aromatic carbocycles. The number of aliphatic carboxylic acids is 1. The van der Waals surface area contributed by atoms with Crippen LogP contribution in [-0.2, 0) is 35.0 Å². The zero-order chi connectivity index (χ0) is 27.2. The number of rotatable bonds is 14. The van der Waals surface area contributed by atoms with Gasteiger partial charge in [-0.1, -0.05) is 30.3 Å². The molecule has 2 heterocycles. The molecule has 200 valence electrons. The van der Waals surface area contributed by atoms with Crippen molar-refractivity contribution in [3.05, 3.63) is 52.0 Å². The highest BCUT2D eigenvalue weighted by atomic mass is 32.1. The monoisotopic (exact) mass is 533 g/mol. The quantitative estimate of drug-likeness (QED) is 0.341. The summed E-state index contributed by atoms with van der Waals surface area (Å²) in [7, 11) is 2.65. The Balaban J connectivity index is 2.03. The number of carboxylic acids is 1. The largest absolute Gasteiger partial charge is 0.480 e. The molecule has 1 fully saturated rings. The zero-order valence-corrected chi connectivity index (χ0v) is 21.9. The van der Waals surface area contributed by atoms with Gasteiger partial charge in [-0.2, -0.15) is 0 Å². The van der Waals surface area contributed by atoms with Crippen LogP contribution in [0.1, 0.15) is 27.2 Å². The second-order valence-electron chi connectivity index (χ2n) is 8.87. The number of ether oxygens (including phenoxy) is 3. The molecule has 4 atom stereocenters. The first-order valence-electron chi connectivity index (χ1n) is 11.6. The minimum Gasteiger partial charge on any atom is -0.480 e. The van der Waals surface area contributed by atoms with E-state index in [0.29, 0.717) is 5.01 Å². The van der Waals surface area contributed by atoms with Gasteiger partial charge < -0.3 is 29.5 Å². The van der Waals surface area contributed by atoms with Gasteiger partial charge in [0.2, 0.25) is 5.91 Å². The minimum atomic E-state index is -1.51. The fraction of sp³-hybridized carbons (Fsp3) is 0.480. The highest BCUT2D eigenvalue weighted by Crippen LogP contribution is 2.32. The Morgan fingerprint density at radius 3 is 2.32 bits per heavy atom. The van der Waals surface area contributed by atoms with Gasteiger partial charge in [0.05, 0.1) is 37.1 Å². The normalized spacial score (nSPS) is 18.9. The number of hydrogen-bond acceptors (Lipinski definition) is 9. The van der Waals surface area contributed by atoms with Gasteiger partial charge >= 0.3 is 5.97 Å². The number of aryl methyl sites for hydroxylation is 1. The van der Waals surface area contributed by atoms with Gasteiger partial charge in [-0.15, -0.1) is 11.3 Å². The fourth-order valence-corrected chi connectivity index (χ4v) is 4.61. The average Bonchev–Trinajstić information content (AvgIpc) is 3.48. The molecule has 0 saturated carbocycles. The summed E-state index contributed by atoms with van der Waals surface area (Å²) in [5, 5.41) is 13.4. The molecule has 2 N–H and O–H groups in total. The van der Waals surface area contributed by atoms with Crippen LogP contribution < -0.4 is 5.32 Å². The van der Waals surface area contributed by atoms with E-state index in [1.165, 1.54) is 20.4 Å². The summed E-state index contributed by atoms with van der Waals surface area (Å²) >= 11 is 1.15. The Bertz CT molecular complexity index is 1120.